The first-order valence-corrected chi connectivity index (χ1v) is 8.64. The predicted octanol–water partition coefficient (Wildman–Crippen LogP) is 4.13. The molecule has 5 heteroatoms. The fourth-order valence-electron chi connectivity index (χ4n) is 1.92. The highest BCUT2D eigenvalue weighted by molar-refractivity contribution is 7.85. The van der Waals surface area contributed by atoms with Crippen LogP contribution in [0.3, 0.4) is 0 Å². The molecule has 0 aliphatic rings. The summed E-state index contributed by atoms with van der Waals surface area (Å²) in [4.78, 5) is 0.553. The Labute approximate surface area is 128 Å². The monoisotopic (exact) mass is 321 g/mol. The minimum Gasteiger partial charge on any atom is -0.313 e. The molecule has 19 heavy (non-hydrogen) atoms. The minimum atomic E-state index is -1.19. The van der Waals surface area contributed by atoms with Crippen LogP contribution in [0.5, 0.6) is 0 Å². The molecular weight excluding hydrogens is 301 g/mol. The number of halogens is 2. The van der Waals surface area contributed by atoms with Crippen LogP contribution in [-0.4, -0.2) is 22.5 Å². The first kappa shape index (κ1) is 17.0. The van der Waals surface area contributed by atoms with E-state index in [0.717, 1.165) is 13.0 Å². The van der Waals surface area contributed by atoms with Crippen molar-refractivity contribution in [3.8, 4) is 0 Å². The summed E-state index contributed by atoms with van der Waals surface area (Å²) in [7, 11) is -1.19. The lowest BCUT2D eigenvalue weighted by molar-refractivity contribution is 0.401. The zero-order valence-electron chi connectivity index (χ0n) is 11.6. The Balaban J connectivity index is 2.88. The molecule has 0 aliphatic carbocycles. The smallest absolute Gasteiger partial charge is 0.0760 e. The van der Waals surface area contributed by atoms with Gasteiger partial charge in [0.25, 0.3) is 0 Å². The number of benzene rings is 1. The molecule has 3 unspecified atom stereocenters. The average Bonchev–Trinajstić information content (AvgIpc) is 2.37. The Morgan fingerprint density at radius 2 is 1.84 bits per heavy atom. The van der Waals surface area contributed by atoms with E-state index >= 15 is 0 Å². The van der Waals surface area contributed by atoms with Crippen LogP contribution in [0.25, 0.3) is 0 Å². The highest BCUT2D eigenvalue weighted by Gasteiger charge is 2.21. The Morgan fingerprint density at radius 1 is 1.26 bits per heavy atom. The van der Waals surface area contributed by atoms with Crippen LogP contribution < -0.4 is 5.32 Å². The summed E-state index contributed by atoms with van der Waals surface area (Å²) in [5.41, 5.74) is 0. The van der Waals surface area contributed by atoms with Gasteiger partial charge in [-0.05, 0) is 24.6 Å². The van der Waals surface area contributed by atoms with E-state index in [0.29, 0.717) is 26.6 Å². The first-order chi connectivity index (χ1) is 9.01. The largest absolute Gasteiger partial charge is 0.313 e. The molecule has 0 aromatic heterocycles. The van der Waals surface area contributed by atoms with Crippen molar-refractivity contribution in [1.82, 2.24) is 5.32 Å². The van der Waals surface area contributed by atoms with Gasteiger partial charge in [-0.2, -0.15) is 0 Å². The SMILES string of the molecule is CCNC(CS(=O)c1c(Cl)cccc1Cl)C(C)CC. The summed E-state index contributed by atoms with van der Waals surface area (Å²) in [6.07, 6.45) is 1.05. The third kappa shape index (κ3) is 4.75. The van der Waals surface area contributed by atoms with Gasteiger partial charge in [0, 0.05) is 11.8 Å². The van der Waals surface area contributed by atoms with Crippen LogP contribution in [-0.2, 0) is 10.8 Å². The maximum Gasteiger partial charge on any atom is 0.0760 e. The molecule has 0 saturated carbocycles. The van der Waals surface area contributed by atoms with Crippen molar-refractivity contribution in [2.45, 2.75) is 38.1 Å². The zero-order chi connectivity index (χ0) is 14.4. The molecule has 2 nitrogen and oxygen atoms in total. The molecule has 0 amide bonds. The molecule has 1 rings (SSSR count). The molecule has 0 aliphatic heterocycles. The number of rotatable bonds is 7. The molecule has 0 radical (unpaired) electrons. The Hall–Kier alpha value is -0.0900. The van der Waals surface area contributed by atoms with E-state index in [-0.39, 0.29) is 6.04 Å². The van der Waals surface area contributed by atoms with Crippen LogP contribution >= 0.6 is 23.2 Å². The van der Waals surface area contributed by atoms with Crippen molar-refractivity contribution in [3.63, 3.8) is 0 Å². The van der Waals surface area contributed by atoms with Crippen molar-refractivity contribution < 1.29 is 4.21 Å². The van der Waals surface area contributed by atoms with E-state index in [4.69, 9.17) is 23.2 Å². The van der Waals surface area contributed by atoms with Crippen LogP contribution in [0.15, 0.2) is 23.1 Å². The van der Waals surface area contributed by atoms with Gasteiger partial charge in [-0.1, -0.05) is 56.5 Å². The van der Waals surface area contributed by atoms with Crippen LogP contribution in [0.2, 0.25) is 10.0 Å². The van der Waals surface area contributed by atoms with Gasteiger partial charge >= 0.3 is 0 Å². The molecule has 3 atom stereocenters. The molecule has 0 saturated heterocycles. The van der Waals surface area contributed by atoms with E-state index < -0.39 is 10.8 Å². The molecule has 108 valence electrons. The van der Waals surface area contributed by atoms with E-state index in [1.54, 1.807) is 18.2 Å². The summed E-state index contributed by atoms with van der Waals surface area (Å²) in [5, 5.41) is 4.35. The molecule has 0 bridgehead atoms. The summed E-state index contributed by atoms with van der Waals surface area (Å²) in [6, 6.07) is 5.43. The van der Waals surface area contributed by atoms with Crippen molar-refractivity contribution in [2.24, 2.45) is 5.92 Å². The van der Waals surface area contributed by atoms with Gasteiger partial charge in [0.05, 0.1) is 25.7 Å². The normalized spacial score (nSPS) is 16.1. The first-order valence-electron chi connectivity index (χ1n) is 6.57. The quantitative estimate of drug-likeness (QED) is 0.818. The summed E-state index contributed by atoms with van der Waals surface area (Å²) >= 11 is 12.2. The highest BCUT2D eigenvalue weighted by atomic mass is 35.5. The minimum absolute atomic E-state index is 0.211. The Bertz CT molecular complexity index is 419. The van der Waals surface area contributed by atoms with Gasteiger partial charge in [0.15, 0.2) is 0 Å². The van der Waals surface area contributed by atoms with Crippen molar-refractivity contribution in [3.05, 3.63) is 28.2 Å². The lowest BCUT2D eigenvalue weighted by atomic mass is 10.0. The van der Waals surface area contributed by atoms with Crippen molar-refractivity contribution in [1.29, 1.82) is 0 Å². The Morgan fingerprint density at radius 3 is 2.32 bits per heavy atom. The molecule has 0 heterocycles. The maximum absolute atomic E-state index is 12.5. The lowest BCUT2D eigenvalue weighted by Gasteiger charge is -2.23. The van der Waals surface area contributed by atoms with Gasteiger partial charge in [-0.15, -0.1) is 0 Å². The summed E-state index contributed by atoms with van der Waals surface area (Å²) < 4.78 is 12.5. The second-order valence-corrected chi connectivity index (χ2v) is 6.86. The fourth-order valence-corrected chi connectivity index (χ4v) is 4.34. The molecule has 1 aromatic carbocycles. The molecule has 1 N–H and O–H groups in total. The summed E-state index contributed by atoms with van der Waals surface area (Å²) in [5.74, 6) is 0.997. The standard InChI is InChI=1S/C14H21Cl2NOS/c1-4-10(3)13(17-5-2)9-19(18)14-11(15)7-6-8-12(14)16/h6-8,10,13,17H,4-5,9H2,1-3H3. The second-order valence-electron chi connectivity index (χ2n) is 4.61. The van der Waals surface area contributed by atoms with Crippen LogP contribution in [0.4, 0.5) is 0 Å². The molecule has 0 fully saturated rings. The van der Waals surface area contributed by atoms with Gasteiger partial charge < -0.3 is 5.32 Å². The topological polar surface area (TPSA) is 29.1 Å². The van der Waals surface area contributed by atoms with Gasteiger partial charge in [0.2, 0.25) is 0 Å². The van der Waals surface area contributed by atoms with Gasteiger partial charge in [0.1, 0.15) is 0 Å². The zero-order valence-corrected chi connectivity index (χ0v) is 13.9. The molecule has 1 aromatic rings. The predicted molar refractivity (Wildman–Crippen MR) is 84.7 cm³/mol. The maximum atomic E-state index is 12.5. The van der Waals surface area contributed by atoms with Crippen molar-refractivity contribution >= 4 is 34.0 Å². The number of hydrogen-bond donors (Lipinski definition) is 1. The average molecular weight is 322 g/mol. The van der Waals surface area contributed by atoms with Crippen molar-refractivity contribution in [2.75, 3.05) is 12.3 Å². The molecular formula is C14H21Cl2NOS. The van der Waals surface area contributed by atoms with E-state index in [1.807, 2.05) is 0 Å². The van der Waals surface area contributed by atoms with E-state index in [1.165, 1.54) is 0 Å². The fraction of sp³-hybridized carbons (Fsp3) is 0.571. The summed E-state index contributed by atoms with van der Waals surface area (Å²) in [6.45, 7) is 7.22. The van der Waals surface area contributed by atoms with E-state index in [2.05, 4.69) is 26.1 Å². The lowest BCUT2D eigenvalue weighted by Crippen LogP contribution is -2.39. The van der Waals surface area contributed by atoms with Gasteiger partial charge in [-0.25, -0.2) is 0 Å². The van der Waals surface area contributed by atoms with E-state index in [9.17, 15) is 4.21 Å². The van der Waals surface area contributed by atoms with Crippen LogP contribution in [0.1, 0.15) is 27.2 Å². The number of nitrogens with one attached hydrogen (secondary N) is 1. The second kappa shape index (κ2) is 8.25. The third-order valence-corrected chi connectivity index (χ3v) is 5.69. The number of hydrogen-bond acceptors (Lipinski definition) is 2. The van der Waals surface area contributed by atoms with Crippen LogP contribution in [0, 0.1) is 5.92 Å². The third-order valence-electron chi connectivity index (χ3n) is 3.27. The Kier molecular flexibility index (Phi) is 7.37. The molecule has 0 spiro atoms. The highest BCUT2D eigenvalue weighted by Crippen LogP contribution is 2.28. The van der Waals surface area contributed by atoms with Gasteiger partial charge in [-0.3, -0.25) is 4.21 Å².